The minimum Gasteiger partial charge on any atom is -0.498 e. The van der Waals surface area contributed by atoms with Crippen molar-refractivity contribution in [2.75, 3.05) is 6.61 Å². The lowest BCUT2D eigenvalue weighted by Crippen LogP contribution is -2.50. The molecule has 4 aliphatic rings. The topological polar surface area (TPSA) is 57.0 Å². The maximum absolute atomic E-state index is 12.7. The molecule has 0 saturated heterocycles. The fourth-order valence-electron chi connectivity index (χ4n) is 7.05. The van der Waals surface area contributed by atoms with Crippen LogP contribution in [0.5, 0.6) is 0 Å². The molecule has 0 aliphatic heterocycles. The molecule has 28 heavy (non-hydrogen) atoms. The largest absolute Gasteiger partial charge is 0.498 e. The van der Waals surface area contributed by atoms with Gasteiger partial charge in [-0.25, -0.2) is 4.68 Å². The number of ketones is 1. The number of aromatic nitrogens is 3. The van der Waals surface area contributed by atoms with E-state index in [9.17, 15) is 4.79 Å². The van der Waals surface area contributed by atoms with Gasteiger partial charge in [-0.15, -0.1) is 5.10 Å². The number of allylic oxidation sites excluding steroid dienone is 4. The number of hydrogen-bond donors (Lipinski definition) is 0. The SMILES string of the molecule is CCOC1=CC2=C(n3ccnn3)CC3C4CCC(=O)C4(C)CCC3C2(C)CC1. The number of hydrogen-bond acceptors (Lipinski definition) is 4. The molecule has 150 valence electrons. The van der Waals surface area contributed by atoms with Gasteiger partial charge in [-0.3, -0.25) is 4.79 Å². The predicted octanol–water partition coefficient (Wildman–Crippen LogP) is 4.63. The Kier molecular flexibility index (Phi) is 4.08. The Hall–Kier alpha value is -1.91. The fourth-order valence-corrected chi connectivity index (χ4v) is 7.05. The van der Waals surface area contributed by atoms with Crippen molar-refractivity contribution in [3.05, 3.63) is 29.8 Å². The van der Waals surface area contributed by atoms with E-state index >= 15 is 0 Å². The molecule has 1 heterocycles. The Morgan fingerprint density at radius 1 is 1.18 bits per heavy atom. The molecule has 1 aromatic rings. The third-order valence-electron chi connectivity index (χ3n) is 8.54. The van der Waals surface area contributed by atoms with E-state index in [0.29, 0.717) is 30.1 Å². The normalized spacial score (nSPS) is 39.9. The number of fused-ring (bicyclic) bond motifs is 5. The summed E-state index contributed by atoms with van der Waals surface area (Å²) in [4.78, 5) is 12.7. The van der Waals surface area contributed by atoms with Gasteiger partial charge in [0.1, 0.15) is 5.78 Å². The number of ether oxygens (including phenoxy) is 1. The second-order valence-corrected chi connectivity index (χ2v) is 9.67. The van der Waals surface area contributed by atoms with Gasteiger partial charge < -0.3 is 4.74 Å². The molecule has 5 rings (SSSR count). The Morgan fingerprint density at radius 2 is 2.00 bits per heavy atom. The number of Topliss-reactive ketones (excluding diaryl/α,β-unsaturated/α-hetero) is 1. The van der Waals surface area contributed by atoms with Crippen LogP contribution in [-0.4, -0.2) is 27.4 Å². The molecule has 4 aliphatic carbocycles. The third kappa shape index (κ3) is 2.40. The summed E-state index contributed by atoms with van der Waals surface area (Å²) in [5.74, 6) is 3.30. The van der Waals surface area contributed by atoms with Crippen molar-refractivity contribution in [1.29, 1.82) is 0 Å². The first-order chi connectivity index (χ1) is 13.5. The van der Waals surface area contributed by atoms with Crippen molar-refractivity contribution in [2.45, 2.75) is 65.7 Å². The van der Waals surface area contributed by atoms with E-state index in [1.807, 2.05) is 10.9 Å². The van der Waals surface area contributed by atoms with E-state index in [2.05, 4.69) is 37.2 Å². The van der Waals surface area contributed by atoms with Gasteiger partial charge in [0.25, 0.3) is 0 Å². The van der Waals surface area contributed by atoms with Gasteiger partial charge in [0.05, 0.1) is 24.8 Å². The minimum atomic E-state index is -0.108. The first-order valence-electron chi connectivity index (χ1n) is 10.9. The summed E-state index contributed by atoms with van der Waals surface area (Å²) in [6.07, 6.45) is 13.2. The highest BCUT2D eigenvalue weighted by Crippen LogP contribution is 2.65. The molecule has 0 bridgehead atoms. The summed E-state index contributed by atoms with van der Waals surface area (Å²) >= 11 is 0. The first kappa shape index (κ1) is 18.1. The summed E-state index contributed by atoms with van der Waals surface area (Å²) < 4.78 is 7.89. The van der Waals surface area contributed by atoms with Crippen molar-refractivity contribution >= 4 is 11.5 Å². The molecule has 0 aromatic carbocycles. The van der Waals surface area contributed by atoms with Crippen LogP contribution in [0.2, 0.25) is 0 Å². The van der Waals surface area contributed by atoms with E-state index in [1.165, 1.54) is 11.3 Å². The lowest BCUT2D eigenvalue weighted by Gasteiger charge is -2.56. The van der Waals surface area contributed by atoms with Crippen molar-refractivity contribution in [3.8, 4) is 0 Å². The Bertz CT molecular complexity index is 855. The van der Waals surface area contributed by atoms with Gasteiger partial charge in [0.15, 0.2) is 0 Å². The van der Waals surface area contributed by atoms with Gasteiger partial charge in [0.2, 0.25) is 0 Å². The molecule has 2 fully saturated rings. The Balaban J connectivity index is 1.64. The van der Waals surface area contributed by atoms with Gasteiger partial charge in [0, 0.05) is 24.0 Å². The second kappa shape index (κ2) is 6.30. The predicted molar refractivity (Wildman–Crippen MR) is 107 cm³/mol. The highest BCUT2D eigenvalue weighted by Gasteiger charge is 2.59. The number of rotatable bonds is 3. The second-order valence-electron chi connectivity index (χ2n) is 9.67. The smallest absolute Gasteiger partial charge is 0.139 e. The maximum Gasteiger partial charge on any atom is 0.139 e. The van der Waals surface area contributed by atoms with Crippen LogP contribution >= 0.6 is 0 Å². The van der Waals surface area contributed by atoms with Crippen LogP contribution in [0.1, 0.15) is 65.7 Å². The average Bonchev–Trinajstić information content (AvgIpc) is 3.31. The monoisotopic (exact) mass is 381 g/mol. The summed E-state index contributed by atoms with van der Waals surface area (Å²) in [6, 6.07) is 0. The molecule has 2 saturated carbocycles. The third-order valence-corrected chi connectivity index (χ3v) is 8.54. The standard InChI is InChI=1S/C23H31N3O2/c1-4-28-15-7-9-22(2)18-8-10-23(3)17(5-6-21(23)27)16(18)14-20(19(22)13-15)26-12-11-24-25-26/h11-13,16-18H,4-10,14H2,1-3H3. The quantitative estimate of drug-likeness (QED) is 0.766. The zero-order valence-electron chi connectivity index (χ0n) is 17.3. The highest BCUT2D eigenvalue weighted by molar-refractivity contribution is 5.87. The molecule has 0 spiro atoms. The van der Waals surface area contributed by atoms with E-state index in [-0.39, 0.29) is 10.8 Å². The molecule has 5 atom stereocenters. The fraction of sp³-hybridized carbons (Fsp3) is 0.696. The molecule has 5 nitrogen and oxygen atoms in total. The van der Waals surface area contributed by atoms with Crippen LogP contribution < -0.4 is 0 Å². The van der Waals surface area contributed by atoms with E-state index < -0.39 is 0 Å². The minimum absolute atomic E-state index is 0.108. The van der Waals surface area contributed by atoms with Crippen molar-refractivity contribution in [1.82, 2.24) is 15.0 Å². The highest BCUT2D eigenvalue weighted by atomic mass is 16.5. The average molecular weight is 382 g/mol. The van der Waals surface area contributed by atoms with E-state index in [4.69, 9.17) is 4.74 Å². The van der Waals surface area contributed by atoms with Crippen LogP contribution in [-0.2, 0) is 9.53 Å². The van der Waals surface area contributed by atoms with E-state index in [0.717, 1.165) is 50.7 Å². The number of carbonyl (C=O) groups is 1. The van der Waals surface area contributed by atoms with Crippen LogP contribution in [0.4, 0.5) is 0 Å². The zero-order chi connectivity index (χ0) is 19.5. The molecule has 5 unspecified atom stereocenters. The van der Waals surface area contributed by atoms with Gasteiger partial charge in [-0.1, -0.05) is 19.1 Å². The molecule has 0 radical (unpaired) electrons. The molecule has 0 N–H and O–H groups in total. The van der Waals surface area contributed by atoms with Gasteiger partial charge >= 0.3 is 0 Å². The van der Waals surface area contributed by atoms with Crippen LogP contribution in [0, 0.1) is 28.6 Å². The van der Waals surface area contributed by atoms with Crippen LogP contribution in [0.3, 0.4) is 0 Å². The summed E-state index contributed by atoms with van der Waals surface area (Å²) in [5, 5.41) is 8.44. The Labute approximate surface area is 167 Å². The number of carbonyl (C=O) groups excluding carboxylic acids is 1. The summed E-state index contributed by atoms with van der Waals surface area (Å²) in [5.41, 5.74) is 2.67. The van der Waals surface area contributed by atoms with Gasteiger partial charge in [-0.2, -0.15) is 0 Å². The van der Waals surface area contributed by atoms with Gasteiger partial charge in [-0.05, 0) is 73.8 Å². The summed E-state index contributed by atoms with van der Waals surface area (Å²) in [6.45, 7) is 7.46. The lowest BCUT2D eigenvalue weighted by molar-refractivity contribution is -0.131. The molecule has 0 amide bonds. The number of nitrogens with zero attached hydrogens (tertiary/aromatic N) is 3. The van der Waals surface area contributed by atoms with Crippen molar-refractivity contribution in [3.63, 3.8) is 0 Å². The Morgan fingerprint density at radius 3 is 2.75 bits per heavy atom. The van der Waals surface area contributed by atoms with E-state index in [1.54, 1.807) is 6.20 Å². The molecular formula is C23H31N3O2. The molecule has 1 aromatic heterocycles. The first-order valence-corrected chi connectivity index (χ1v) is 10.9. The van der Waals surface area contributed by atoms with Crippen LogP contribution in [0.15, 0.2) is 29.8 Å². The zero-order valence-corrected chi connectivity index (χ0v) is 17.3. The van der Waals surface area contributed by atoms with Crippen molar-refractivity contribution < 1.29 is 9.53 Å². The lowest BCUT2D eigenvalue weighted by atomic mass is 9.48. The maximum atomic E-state index is 12.7. The van der Waals surface area contributed by atoms with Crippen LogP contribution in [0.25, 0.3) is 5.70 Å². The molecule has 5 heteroatoms. The van der Waals surface area contributed by atoms with Crippen molar-refractivity contribution in [2.24, 2.45) is 28.6 Å². The molecular weight excluding hydrogens is 350 g/mol. The summed E-state index contributed by atoms with van der Waals surface area (Å²) in [7, 11) is 0.